The molecule has 0 saturated carbocycles. The highest BCUT2D eigenvalue weighted by atomic mass is 35.5. The van der Waals surface area contributed by atoms with Gasteiger partial charge in [0.1, 0.15) is 5.15 Å². The van der Waals surface area contributed by atoms with Crippen molar-refractivity contribution in [2.75, 3.05) is 7.11 Å². The summed E-state index contributed by atoms with van der Waals surface area (Å²) in [5.41, 5.74) is 2.63. The smallest absolute Gasteiger partial charge is 0.330 e. The second-order valence-electron chi connectivity index (χ2n) is 3.87. The number of fused-ring (bicyclic) bond motifs is 1. The second-order valence-corrected chi connectivity index (χ2v) is 4.23. The minimum atomic E-state index is -0.421. The maximum absolute atomic E-state index is 11.0. The molecule has 0 atom stereocenters. The molecule has 18 heavy (non-hydrogen) atoms. The molecule has 0 radical (unpaired) electrons. The lowest BCUT2D eigenvalue weighted by Crippen LogP contribution is -1.94. The first-order chi connectivity index (χ1) is 8.61. The Morgan fingerprint density at radius 1 is 1.44 bits per heavy atom. The molecule has 0 aliphatic rings. The van der Waals surface area contributed by atoms with Crippen molar-refractivity contribution in [3.63, 3.8) is 0 Å². The zero-order chi connectivity index (χ0) is 13.1. The number of hydrogen-bond acceptors (Lipinski definition) is 3. The van der Waals surface area contributed by atoms with Gasteiger partial charge in [-0.3, -0.25) is 0 Å². The molecule has 2 aromatic rings. The molecular formula is C14H12ClNO2. The summed E-state index contributed by atoms with van der Waals surface area (Å²) < 4.78 is 4.53. The Morgan fingerprint density at radius 2 is 2.22 bits per heavy atom. The normalized spacial score (nSPS) is 11.1. The van der Waals surface area contributed by atoms with E-state index in [2.05, 4.69) is 9.72 Å². The summed E-state index contributed by atoms with van der Waals surface area (Å²) in [5, 5.41) is 1.36. The summed E-state index contributed by atoms with van der Waals surface area (Å²) in [4.78, 5) is 15.4. The number of halogens is 1. The molecule has 0 bridgehead atoms. The van der Waals surface area contributed by atoms with Crippen LogP contribution < -0.4 is 0 Å². The summed E-state index contributed by atoms with van der Waals surface area (Å²) >= 11 is 6.09. The summed E-state index contributed by atoms with van der Waals surface area (Å²) in [6, 6.07) is 7.80. The van der Waals surface area contributed by atoms with Crippen LogP contribution in [0.5, 0.6) is 0 Å². The molecule has 0 saturated heterocycles. The van der Waals surface area contributed by atoms with Crippen molar-refractivity contribution in [1.29, 1.82) is 0 Å². The van der Waals surface area contributed by atoms with Gasteiger partial charge in [-0.1, -0.05) is 29.8 Å². The van der Waals surface area contributed by atoms with Crippen molar-refractivity contribution in [1.82, 2.24) is 4.98 Å². The van der Waals surface area contributed by atoms with E-state index in [-0.39, 0.29) is 0 Å². The van der Waals surface area contributed by atoms with Gasteiger partial charge in [0.05, 0.1) is 12.6 Å². The Morgan fingerprint density at radius 3 is 2.94 bits per heavy atom. The van der Waals surface area contributed by atoms with Gasteiger partial charge >= 0.3 is 5.97 Å². The van der Waals surface area contributed by atoms with Crippen molar-refractivity contribution in [3.05, 3.63) is 46.6 Å². The van der Waals surface area contributed by atoms with Gasteiger partial charge in [-0.2, -0.15) is 0 Å². The largest absolute Gasteiger partial charge is 0.466 e. The first-order valence-corrected chi connectivity index (χ1v) is 5.81. The van der Waals surface area contributed by atoms with Crippen LogP contribution in [-0.2, 0) is 9.53 Å². The fourth-order valence-electron chi connectivity index (χ4n) is 1.68. The monoisotopic (exact) mass is 261 g/mol. The van der Waals surface area contributed by atoms with Gasteiger partial charge in [-0.25, -0.2) is 9.78 Å². The molecule has 0 amide bonds. The molecule has 4 heteroatoms. The number of aryl methyl sites for hydroxylation is 1. The van der Waals surface area contributed by atoms with Gasteiger partial charge in [-0.15, -0.1) is 0 Å². The number of aromatic nitrogens is 1. The average molecular weight is 262 g/mol. The molecule has 92 valence electrons. The fraction of sp³-hybridized carbons (Fsp3) is 0.143. The van der Waals surface area contributed by atoms with E-state index in [0.29, 0.717) is 10.7 Å². The maximum Gasteiger partial charge on any atom is 0.330 e. The lowest BCUT2D eigenvalue weighted by molar-refractivity contribution is -0.134. The van der Waals surface area contributed by atoms with Gasteiger partial charge in [0.15, 0.2) is 0 Å². The molecular weight excluding hydrogens is 250 g/mol. The molecule has 1 aromatic carbocycles. The van der Waals surface area contributed by atoms with Crippen LogP contribution in [0, 0.1) is 6.92 Å². The molecule has 0 fully saturated rings. The van der Waals surface area contributed by atoms with Crippen molar-refractivity contribution in [2.45, 2.75) is 6.92 Å². The van der Waals surface area contributed by atoms with E-state index in [0.717, 1.165) is 16.5 Å². The summed E-state index contributed by atoms with van der Waals surface area (Å²) in [6.07, 6.45) is 2.92. The van der Waals surface area contributed by atoms with Crippen molar-refractivity contribution in [3.8, 4) is 0 Å². The van der Waals surface area contributed by atoms with Crippen molar-refractivity contribution in [2.24, 2.45) is 0 Å². The summed E-state index contributed by atoms with van der Waals surface area (Å²) in [6.45, 7) is 1.98. The zero-order valence-corrected chi connectivity index (χ0v) is 10.9. The van der Waals surface area contributed by atoms with E-state index in [1.807, 2.05) is 31.2 Å². The van der Waals surface area contributed by atoms with E-state index in [1.165, 1.54) is 13.2 Å². The number of nitrogens with zero attached hydrogens (tertiary/aromatic N) is 1. The highest BCUT2D eigenvalue weighted by Gasteiger charge is 2.04. The van der Waals surface area contributed by atoms with E-state index in [1.54, 1.807) is 6.08 Å². The number of esters is 1. The SMILES string of the molecule is COC(=O)C=Cc1cc2cccc(C)c2nc1Cl. The van der Waals surface area contributed by atoms with Crippen LogP contribution in [0.1, 0.15) is 11.1 Å². The van der Waals surface area contributed by atoms with Crippen LogP contribution in [0.2, 0.25) is 5.15 Å². The maximum atomic E-state index is 11.0. The summed E-state index contributed by atoms with van der Waals surface area (Å²) in [5.74, 6) is -0.421. The fourth-order valence-corrected chi connectivity index (χ4v) is 1.89. The molecule has 0 unspecified atom stereocenters. The minimum absolute atomic E-state index is 0.372. The Hall–Kier alpha value is -1.87. The van der Waals surface area contributed by atoms with E-state index < -0.39 is 5.97 Å². The minimum Gasteiger partial charge on any atom is -0.466 e. The Kier molecular flexibility index (Phi) is 3.63. The van der Waals surface area contributed by atoms with Gasteiger partial charge in [0.2, 0.25) is 0 Å². The average Bonchev–Trinajstić information content (AvgIpc) is 2.37. The Labute approximate surface area is 110 Å². The number of ether oxygens (including phenoxy) is 1. The van der Waals surface area contributed by atoms with Gasteiger partial charge in [-0.05, 0) is 24.6 Å². The Balaban J connectivity index is 2.50. The van der Waals surface area contributed by atoms with Crippen molar-refractivity contribution >= 4 is 34.5 Å². The predicted molar refractivity (Wildman–Crippen MR) is 72.5 cm³/mol. The second kappa shape index (κ2) is 5.19. The number of methoxy groups -OCH3 is 1. The molecule has 0 N–H and O–H groups in total. The lowest BCUT2D eigenvalue weighted by Gasteiger charge is -2.04. The van der Waals surface area contributed by atoms with Crippen LogP contribution in [-0.4, -0.2) is 18.1 Å². The topological polar surface area (TPSA) is 39.2 Å². The molecule has 2 rings (SSSR count). The van der Waals surface area contributed by atoms with Crippen LogP contribution in [0.3, 0.4) is 0 Å². The summed E-state index contributed by atoms with van der Waals surface area (Å²) in [7, 11) is 1.33. The van der Waals surface area contributed by atoms with E-state index >= 15 is 0 Å². The number of rotatable bonds is 2. The van der Waals surface area contributed by atoms with Crippen LogP contribution >= 0.6 is 11.6 Å². The predicted octanol–water partition coefficient (Wildman–Crippen LogP) is 3.38. The molecule has 0 aliphatic carbocycles. The number of carbonyl (C=O) groups excluding carboxylic acids is 1. The zero-order valence-electron chi connectivity index (χ0n) is 10.1. The number of carbonyl (C=O) groups is 1. The molecule has 3 nitrogen and oxygen atoms in total. The Bertz CT molecular complexity index is 635. The molecule has 0 spiro atoms. The number of benzene rings is 1. The van der Waals surface area contributed by atoms with Crippen LogP contribution in [0.25, 0.3) is 17.0 Å². The first kappa shape index (κ1) is 12.6. The van der Waals surface area contributed by atoms with Gasteiger partial charge < -0.3 is 4.74 Å². The standard InChI is InChI=1S/C14H12ClNO2/c1-9-4-3-5-10-8-11(6-7-12(17)18-2)14(15)16-13(9)10/h3-8H,1-2H3. The van der Waals surface area contributed by atoms with E-state index in [4.69, 9.17) is 11.6 Å². The van der Waals surface area contributed by atoms with Crippen LogP contribution in [0.4, 0.5) is 0 Å². The first-order valence-electron chi connectivity index (χ1n) is 5.43. The third-order valence-corrected chi connectivity index (χ3v) is 2.93. The highest BCUT2D eigenvalue weighted by molar-refractivity contribution is 6.31. The van der Waals surface area contributed by atoms with Gasteiger partial charge in [0, 0.05) is 17.0 Å². The van der Waals surface area contributed by atoms with E-state index in [9.17, 15) is 4.79 Å². The lowest BCUT2D eigenvalue weighted by atomic mass is 10.1. The van der Waals surface area contributed by atoms with Gasteiger partial charge in [0.25, 0.3) is 0 Å². The molecule has 1 aromatic heterocycles. The quantitative estimate of drug-likeness (QED) is 0.473. The highest BCUT2D eigenvalue weighted by Crippen LogP contribution is 2.23. The number of pyridine rings is 1. The molecule has 0 aliphatic heterocycles. The number of para-hydroxylation sites is 1. The van der Waals surface area contributed by atoms with Crippen LogP contribution in [0.15, 0.2) is 30.3 Å². The third-order valence-electron chi connectivity index (χ3n) is 2.63. The third kappa shape index (κ3) is 2.51. The molecule has 1 heterocycles. The van der Waals surface area contributed by atoms with Crippen molar-refractivity contribution < 1.29 is 9.53 Å². The number of hydrogen-bond donors (Lipinski definition) is 0.